The summed E-state index contributed by atoms with van der Waals surface area (Å²) < 4.78 is 0. The maximum Gasteiger partial charge on any atom is 0.272 e. The van der Waals surface area contributed by atoms with Crippen molar-refractivity contribution in [2.24, 2.45) is 0 Å². The van der Waals surface area contributed by atoms with Gasteiger partial charge in [-0.2, -0.15) is 0 Å². The highest BCUT2D eigenvalue weighted by Crippen LogP contribution is 2.22. The van der Waals surface area contributed by atoms with Gasteiger partial charge in [-0.1, -0.05) is 30.3 Å². The van der Waals surface area contributed by atoms with E-state index in [9.17, 15) is 15.2 Å². The molecule has 2 rings (SSSR count). The second-order valence-electron chi connectivity index (χ2n) is 5.45. The third kappa shape index (κ3) is 4.05. The van der Waals surface area contributed by atoms with Gasteiger partial charge in [0.2, 0.25) is 0 Å². The van der Waals surface area contributed by atoms with Crippen LogP contribution < -0.4 is 5.32 Å². The molecular formula is C17H20N2O3. The van der Waals surface area contributed by atoms with Gasteiger partial charge in [0.05, 0.1) is 11.0 Å². The summed E-state index contributed by atoms with van der Waals surface area (Å²) in [6.45, 7) is 3.60. The zero-order chi connectivity index (χ0) is 16.1. The molecule has 5 heteroatoms. The molecule has 0 amide bonds. The van der Waals surface area contributed by atoms with Gasteiger partial charge in [0.15, 0.2) is 0 Å². The van der Waals surface area contributed by atoms with Crippen LogP contribution >= 0.6 is 0 Å². The van der Waals surface area contributed by atoms with Gasteiger partial charge in [0.1, 0.15) is 0 Å². The van der Waals surface area contributed by atoms with Crippen LogP contribution in [0.3, 0.4) is 0 Å². The molecule has 0 aromatic heterocycles. The minimum atomic E-state index is -0.544. The van der Waals surface area contributed by atoms with Crippen molar-refractivity contribution in [3.8, 4) is 0 Å². The predicted octanol–water partition coefficient (Wildman–Crippen LogP) is 3.31. The number of nitrogens with one attached hydrogen (secondary N) is 1. The number of rotatable bonds is 6. The van der Waals surface area contributed by atoms with Crippen LogP contribution in [0.1, 0.15) is 18.1 Å². The summed E-state index contributed by atoms with van der Waals surface area (Å²) in [5.41, 5.74) is 2.54. The molecule has 0 spiro atoms. The molecular weight excluding hydrogens is 280 g/mol. The van der Waals surface area contributed by atoms with Crippen LogP contribution in [0.25, 0.3) is 0 Å². The Kier molecular flexibility index (Phi) is 5.12. The fourth-order valence-electron chi connectivity index (χ4n) is 2.34. The Morgan fingerprint density at radius 2 is 1.91 bits per heavy atom. The smallest absolute Gasteiger partial charge is 0.272 e. The number of aliphatic hydroxyl groups excluding tert-OH is 1. The minimum Gasteiger partial charge on any atom is -0.391 e. The van der Waals surface area contributed by atoms with E-state index in [0.29, 0.717) is 12.0 Å². The number of nitro benzene ring substituents is 1. The average Bonchev–Trinajstić information content (AvgIpc) is 2.47. The Balaban J connectivity index is 2.00. The van der Waals surface area contributed by atoms with E-state index >= 15 is 0 Å². The number of nitro groups is 1. The topological polar surface area (TPSA) is 75.4 Å². The molecule has 0 aliphatic heterocycles. The quantitative estimate of drug-likeness (QED) is 0.634. The van der Waals surface area contributed by atoms with E-state index < -0.39 is 11.0 Å². The van der Waals surface area contributed by atoms with E-state index in [0.717, 1.165) is 11.3 Å². The van der Waals surface area contributed by atoms with Gasteiger partial charge in [0, 0.05) is 29.8 Å². The van der Waals surface area contributed by atoms with Gasteiger partial charge in [0.25, 0.3) is 5.69 Å². The first-order valence-electron chi connectivity index (χ1n) is 7.21. The standard InChI is InChI=1S/C17H20N2O3/c1-12-10-15(8-9-16(12)19(21)22)18-13(2)17(20)11-14-6-4-3-5-7-14/h3-10,13,17-18,20H,11H2,1-2H3. The average molecular weight is 300 g/mol. The lowest BCUT2D eigenvalue weighted by Crippen LogP contribution is -2.32. The Morgan fingerprint density at radius 1 is 1.23 bits per heavy atom. The van der Waals surface area contributed by atoms with Crippen molar-refractivity contribution in [2.45, 2.75) is 32.4 Å². The summed E-state index contributed by atoms with van der Waals surface area (Å²) in [6.07, 6.45) is 0.0129. The molecule has 2 aromatic rings. The van der Waals surface area contributed by atoms with E-state index in [2.05, 4.69) is 5.32 Å². The summed E-state index contributed by atoms with van der Waals surface area (Å²) in [7, 11) is 0. The summed E-state index contributed by atoms with van der Waals surface area (Å²) in [5.74, 6) is 0. The van der Waals surface area contributed by atoms with E-state index in [1.165, 1.54) is 6.07 Å². The number of nitrogens with zero attached hydrogens (tertiary/aromatic N) is 1. The highest BCUT2D eigenvalue weighted by atomic mass is 16.6. The van der Waals surface area contributed by atoms with E-state index in [4.69, 9.17) is 0 Å². The Labute approximate surface area is 129 Å². The lowest BCUT2D eigenvalue weighted by Gasteiger charge is -2.21. The normalized spacial score (nSPS) is 13.4. The fourth-order valence-corrected chi connectivity index (χ4v) is 2.34. The molecule has 116 valence electrons. The van der Waals surface area contributed by atoms with Crippen LogP contribution in [0, 0.1) is 17.0 Å². The molecule has 2 aromatic carbocycles. The third-order valence-electron chi connectivity index (χ3n) is 3.65. The van der Waals surface area contributed by atoms with E-state index in [1.54, 1.807) is 19.1 Å². The van der Waals surface area contributed by atoms with Crippen molar-refractivity contribution in [3.63, 3.8) is 0 Å². The first-order valence-corrected chi connectivity index (χ1v) is 7.21. The molecule has 22 heavy (non-hydrogen) atoms. The predicted molar refractivity (Wildman–Crippen MR) is 87.1 cm³/mol. The zero-order valence-electron chi connectivity index (χ0n) is 12.7. The van der Waals surface area contributed by atoms with Crippen LogP contribution in [0.5, 0.6) is 0 Å². The first-order chi connectivity index (χ1) is 10.5. The van der Waals surface area contributed by atoms with E-state index in [1.807, 2.05) is 37.3 Å². The van der Waals surface area contributed by atoms with Crippen molar-refractivity contribution in [1.29, 1.82) is 0 Å². The molecule has 0 saturated carbocycles. The lowest BCUT2D eigenvalue weighted by molar-refractivity contribution is -0.385. The number of aliphatic hydroxyl groups is 1. The van der Waals surface area contributed by atoms with Crippen LogP contribution in [0.15, 0.2) is 48.5 Å². The molecule has 0 bridgehead atoms. The van der Waals surface area contributed by atoms with Crippen LogP contribution in [0.2, 0.25) is 0 Å². The highest BCUT2D eigenvalue weighted by Gasteiger charge is 2.16. The van der Waals surface area contributed by atoms with Crippen molar-refractivity contribution >= 4 is 11.4 Å². The van der Waals surface area contributed by atoms with Gasteiger partial charge >= 0.3 is 0 Å². The molecule has 0 saturated heterocycles. The van der Waals surface area contributed by atoms with Crippen molar-refractivity contribution < 1.29 is 10.0 Å². The Hall–Kier alpha value is -2.40. The molecule has 0 heterocycles. The second kappa shape index (κ2) is 7.04. The van der Waals surface area contributed by atoms with Gasteiger partial charge in [-0.3, -0.25) is 10.1 Å². The second-order valence-corrected chi connectivity index (χ2v) is 5.45. The fraction of sp³-hybridized carbons (Fsp3) is 0.294. The maximum absolute atomic E-state index is 10.8. The number of aryl methyl sites for hydroxylation is 1. The Morgan fingerprint density at radius 3 is 2.50 bits per heavy atom. The monoisotopic (exact) mass is 300 g/mol. The van der Waals surface area contributed by atoms with Crippen molar-refractivity contribution in [2.75, 3.05) is 5.32 Å². The van der Waals surface area contributed by atoms with Gasteiger partial charge in [-0.05, 0) is 31.5 Å². The lowest BCUT2D eigenvalue weighted by atomic mass is 10.0. The summed E-state index contributed by atoms with van der Waals surface area (Å²) >= 11 is 0. The van der Waals surface area contributed by atoms with Crippen LogP contribution in [-0.4, -0.2) is 22.2 Å². The number of hydrogen-bond donors (Lipinski definition) is 2. The van der Waals surface area contributed by atoms with Gasteiger partial charge in [-0.25, -0.2) is 0 Å². The van der Waals surface area contributed by atoms with E-state index in [-0.39, 0.29) is 11.7 Å². The molecule has 0 fully saturated rings. The SMILES string of the molecule is Cc1cc(NC(C)C(O)Cc2ccccc2)ccc1[N+](=O)[O-]. The van der Waals surface area contributed by atoms with Crippen molar-refractivity contribution in [3.05, 3.63) is 69.8 Å². The largest absolute Gasteiger partial charge is 0.391 e. The van der Waals surface area contributed by atoms with Crippen LogP contribution in [0.4, 0.5) is 11.4 Å². The Bertz CT molecular complexity index is 644. The highest BCUT2D eigenvalue weighted by molar-refractivity contribution is 5.54. The molecule has 0 aliphatic carbocycles. The number of hydrogen-bond acceptors (Lipinski definition) is 4. The number of anilines is 1. The van der Waals surface area contributed by atoms with Crippen LogP contribution in [-0.2, 0) is 6.42 Å². The zero-order valence-corrected chi connectivity index (χ0v) is 12.7. The van der Waals surface area contributed by atoms with Gasteiger partial charge < -0.3 is 10.4 Å². The summed E-state index contributed by atoms with van der Waals surface area (Å²) in [5, 5.41) is 24.3. The minimum absolute atomic E-state index is 0.100. The first kappa shape index (κ1) is 16.0. The van der Waals surface area contributed by atoms with Crippen molar-refractivity contribution in [1.82, 2.24) is 0 Å². The third-order valence-corrected chi connectivity index (χ3v) is 3.65. The number of benzene rings is 2. The molecule has 5 nitrogen and oxygen atoms in total. The summed E-state index contributed by atoms with van der Waals surface area (Å²) in [4.78, 5) is 10.4. The molecule has 0 radical (unpaired) electrons. The molecule has 0 aliphatic rings. The maximum atomic E-state index is 10.8. The van der Waals surface area contributed by atoms with Gasteiger partial charge in [-0.15, -0.1) is 0 Å². The molecule has 2 atom stereocenters. The molecule has 2 N–H and O–H groups in total. The summed E-state index contributed by atoms with van der Waals surface area (Å²) in [6, 6.07) is 14.5. The molecule has 2 unspecified atom stereocenters.